The molecule has 0 amide bonds. The summed E-state index contributed by atoms with van der Waals surface area (Å²) in [7, 11) is 1.66. The Morgan fingerprint density at radius 3 is 2.63 bits per heavy atom. The van der Waals surface area contributed by atoms with E-state index >= 15 is 0 Å². The van der Waals surface area contributed by atoms with Gasteiger partial charge in [0.1, 0.15) is 0 Å². The van der Waals surface area contributed by atoms with E-state index in [4.69, 9.17) is 9.47 Å². The zero-order valence-electron chi connectivity index (χ0n) is 12.6. The predicted molar refractivity (Wildman–Crippen MR) is 81.0 cm³/mol. The molecular formula is C16H25NO2. The number of ether oxygens (including phenoxy) is 2. The van der Waals surface area contributed by atoms with Crippen LogP contribution in [0.25, 0.3) is 6.08 Å². The summed E-state index contributed by atoms with van der Waals surface area (Å²) in [6, 6.07) is 6.50. The fourth-order valence-electron chi connectivity index (χ4n) is 1.75. The number of rotatable bonds is 7. The van der Waals surface area contributed by atoms with Crippen molar-refractivity contribution in [3.8, 4) is 11.5 Å². The molecule has 1 rings (SSSR count). The minimum Gasteiger partial charge on any atom is -0.493 e. The summed E-state index contributed by atoms with van der Waals surface area (Å²) in [5.41, 5.74) is 2.42. The van der Waals surface area contributed by atoms with Gasteiger partial charge in [0.2, 0.25) is 0 Å². The standard InChI is InChI=1S/C16H25NO2/c1-6-19-16-10-14(7-8-15(16)18-5)9-13(4)11-17-12(2)3/h7-10,12,17H,6,11H2,1-5H3. The van der Waals surface area contributed by atoms with Gasteiger partial charge in [0.25, 0.3) is 0 Å². The smallest absolute Gasteiger partial charge is 0.161 e. The number of hydrogen-bond donors (Lipinski definition) is 1. The Hall–Kier alpha value is -1.48. The van der Waals surface area contributed by atoms with E-state index in [9.17, 15) is 0 Å². The summed E-state index contributed by atoms with van der Waals surface area (Å²) in [6.45, 7) is 9.92. The van der Waals surface area contributed by atoms with E-state index in [-0.39, 0.29) is 0 Å². The molecule has 0 aromatic heterocycles. The molecule has 106 valence electrons. The van der Waals surface area contributed by atoms with Gasteiger partial charge in [-0.3, -0.25) is 0 Å². The molecule has 0 radical (unpaired) electrons. The third kappa shape index (κ3) is 5.35. The summed E-state index contributed by atoms with van der Waals surface area (Å²) < 4.78 is 10.9. The van der Waals surface area contributed by atoms with Crippen LogP contribution in [-0.4, -0.2) is 26.3 Å². The highest BCUT2D eigenvalue weighted by Crippen LogP contribution is 2.28. The van der Waals surface area contributed by atoms with Gasteiger partial charge in [0.05, 0.1) is 13.7 Å². The second-order valence-electron chi connectivity index (χ2n) is 4.87. The van der Waals surface area contributed by atoms with Gasteiger partial charge in [0.15, 0.2) is 11.5 Å². The van der Waals surface area contributed by atoms with Crippen molar-refractivity contribution < 1.29 is 9.47 Å². The summed E-state index contributed by atoms with van der Waals surface area (Å²) in [6.07, 6.45) is 2.16. The fraction of sp³-hybridized carbons (Fsp3) is 0.500. The molecule has 3 heteroatoms. The Morgan fingerprint density at radius 1 is 1.32 bits per heavy atom. The lowest BCUT2D eigenvalue weighted by atomic mass is 10.1. The van der Waals surface area contributed by atoms with Crippen molar-refractivity contribution >= 4 is 6.08 Å². The largest absolute Gasteiger partial charge is 0.493 e. The number of hydrogen-bond acceptors (Lipinski definition) is 3. The average Bonchev–Trinajstić information content (AvgIpc) is 2.37. The van der Waals surface area contributed by atoms with Crippen molar-refractivity contribution in [1.29, 1.82) is 0 Å². The van der Waals surface area contributed by atoms with Gasteiger partial charge in [-0.25, -0.2) is 0 Å². The van der Waals surface area contributed by atoms with Crippen molar-refractivity contribution in [1.82, 2.24) is 5.32 Å². The van der Waals surface area contributed by atoms with Crippen LogP contribution in [0.1, 0.15) is 33.3 Å². The van der Waals surface area contributed by atoms with E-state index in [2.05, 4.69) is 32.2 Å². The molecule has 0 saturated heterocycles. The molecule has 0 unspecified atom stereocenters. The number of benzene rings is 1. The number of nitrogens with one attached hydrogen (secondary N) is 1. The monoisotopic (exact) mass is 263 g/mol. The van der Waals surface area contributed by atoms with Crippen LogP contribution < -0.4 is 14.8 Å². The van der Waals surface area contributed by atoms with Gasteiger partial charge in [-0.1, -0.05) is 31.6 Å². The first kappa shape index (κ1) is 15.6. The predicted octanol–water partition coefficient (Wildman–Crippen LogP) is 3.50. The first-order valence-corrected chi connectivity index (χ1v) is 6.78. The minimum atomic E-state index is 0.498. The maximum absolute atomic E-state index is 5.58. The molecule has 0 saturated carbocycles. The first-order valence-electron chi connectivity index (χ1n) is 6.78. The van der Waals surface area contributed by atoms with Crippen molar-refractivity contribution in [3.05, 3.63) is 29.3 Å². The van der Waals surface area contributed by atoms with E-state index in [1.165, 1.54) is 5.57 Å². The SMILES string of the molecule is CCOc1cc(C=C(C)CNC(C)C)ccc1OC. The summed E-state index contributed by atoms with van der Waals surface area (Å²) in [4.78, 5) is 0. The highest BCUT2D eigenvalue weighted by molar-refractivity contribution is 5.58. The van der Waals surface area contributed by atoms with Crippen LogP contribution in [-0.2, 0) is 0 Å². The van der Waals surface area contributed by atoms with Gasteiger partial charge in [-0.15, -0.1) is 0 Å². The minimum absolute atomic E-state index is 0.498. The van der Waals surface area contributed by atoms with E-state index in [0.29, 0.717) is 12.6 Å². The molecule has 1 aromatic rings. The molecule has 3 nitrogen and oxygen atoms in total. The van der Waals surface area contributed by atoms with Gasteiger partial charge in [-0.2, -0.15) is 0 Å². The summed E-state index contributed by atoms with van der Waals surface area (Å²) in [5.74, 6) is 1.57. The Balaban J connectivity index is 2.83. The zero-order chi connectivity index (χ0) is 14.3. The molecule has 0 aliphatic carbocycles. The van der Waals surface area contributed by atoms with Crippen molar-refractivity contribution in [2.45, 2.75) is 33.7 Å². The highest BCUT2D eigenvalue weighted by Gasteiger charge is 2.04. The van der Waals surface area contributed by atoms with Gasteiger partial charge in [-0.05, 0) is 31.5 Å². The van der Waals surface area contributed by atoms with Crippen LogP contribution in [0.3, 0.4) is 0 Å². The Bertz CT molecular complexity index is 425. The van der Waals surface area contributed by atoms with Gasteiger partial charge < -0.3 is 14.8 Å². The molecule has 1 N–H and O–H groups in total. The van der Waals surface area contributed by atoms with Crippen LogP contribution in [0, 0.1) is 0 Å². The molecule has 1 aromatic carbocycles. The Kier molecular flexibility index (Phi) is 6.43. The molecule has 0 atom stereocenters. The normalized spacial score (nSPS) is 11.8. The molecule has 19 heavy (non-hydrogen) atoms. The lowest BCUT2D eigenvalue weighted by molar-refractivity contribution is 0.311. The fourth-order valence-corrected chi connectivity index (χ4v) is 1.75. The third-order valence-electron chi connectivity index (χ3n) is 2.69. The van der Waals surface area contributed by atoms with Crippen molar-refractivity contribution in [2.75, 3.05) is 20.3 Å². The topological polar surface area (TPSA) is 30.5 Å². The van der Waals surface area contributed by atoms with Crippen molar-refractivity contribution in [2.24, 2.45) is 0 Å². The summed E-state index contributed by atoms with van der Waals surface area (Å²) >= 11 is 0. The Labute approximate surface area is 116 Å². The summed E-state index contributed by atoms with van der Waals surface area (Å²) in [5, 5.41) is 3.40. The second-order valence-corrected chi connectivity index (χ2v) is 4.87. The van der Waals surface area contributed by atoms with Crippen LogP contribution in [0.2, 0.25) is 0 Å². The van der Waals surface area contributed by atoms with E-state index in [0.717, 1.165) is 23.6 Å². The van der Waals surface area contributed by atoms with Crippen LogP contribution >= 0.6 is 0 Å². The maximum atomic E-state index is 5.58. The van der Waals surface area contributed by atoms with E-state index in [1.807, 2.05) is 25.1 Å². The zero-order valence-corrected chi connectivity index (χ0v) is 12.6. The second kappa shape index (κ2) is 7.85. The molecular weight excluding hydrogens is 238 g/mol. The molecule has 0 aliphatic rings. The highest BCUT2D eigenvalue weighted by atomic mass is 16.5. The van der Waals surface area contributed by atoms with Crippen LogP contribution in [0.5, 0.6) is 11.5 Å². The lowest BCUT2D eigenvalue weighted by Gasteiger charge is -2.11. The molecule has 0 aliphatic heterocycles. The quantitative estimate of drug-likeness (QED) is 0.816. The number of methoxy groups -OCH3 is 1. The van der Waals surface area contributed by atoms with E-state index in [1.54, 1.807) is 7.11 Å². The first-order chi connectivity index (χ1) is 9.06. The molecule has 0 bridgehead atoms. The van der Waals surface area contributed by atoms with Crippen LogP contribution in [0.4, 0.5) is 0 Å². The average molecular weight is 263 g/mol. The van der Waals surface area contributed by atoms with E-state index < -0.39 is 0 Å². The lowest BCUT2D eigenvalue weighted by Crippen LogP contribution is -2.24. The Morgan fingerprint density at radius 2 is 2.05 bits per heavy atom. The van der Waals surface area contributed by atoms with Gasteiger partial charge in [0, 0.05) is 12.6 Å². The molecule has 0 spiro atoms. The maximum Gasteiger partial charge on any atom is 0.161 e. The molecule has 0 heterocycles. The van der Waals surface area contributed by atoms with Gasteiger partial charge >= 0.3 is 0 Å². The third-order valence-corrected chi connectivity index (χ3v) is 2.69. The van der Waals surface area contributed by atoms with Crippen LogP contribution in [0.15, 0.2) is 23.8 Å². The molecule has 0 fully saturated rings. The van der Waals surface area contributed by atoms with Crippen molar-refractivity contribution in [3.63, 3.8) is 0 Å².